The highest BCUT2D eigenvalue weighted by Crippen LogP contribution is 2.66. The molecule has 4 rings (SSSR count). The SMILES string of the molecule is c1ccc2c(c1)CC13CCOCC1CC23. The van der Waals surface area contributed by atoms with Crippen LogP contribution in [0, 0.1) is 11.3 Å². The maximum atomic E-state index is 5.61. The minimum atomic E-state index is 0.613. The molecule has 0 radical (unpaired) electrons. The van der Waals surface area contributed by atoms with Gasteiger partial charge in [-0.25, -0.2) is 0 Å². The lowest BCUT2D eigenvalue weighted by molar-refractivity contribution is -0.114. The monoisotopic (exact) mass is 200 g/mol. The first kappa shape index (κ1) is 8.35. The number of fused-ring (bicyclic) bond motifs is 2. The van der Waals surface area contributed by atoms with Crippen molar-refractivity contribution in [1.82, 2.24) is 0 Å². The van der Waals surface area contributed by atoms with E-state index < -0.39 is 0 Å². The van der Waals surface area contributed by atoms with E-state index in [0.717, 1.165) is 25.0 Å². The van der Waals surface area contributed by atoms with Crippen molar-refractivity contribution in [2.75, 3.05) is 13.2 Å². The van der Waals surface area contributed by atoms with Crippen LogP contribution in [-0.2, 0) is 11.2 Å². The second-order valence-electron chi connectivity index (χ2n) is 5.42. The fraction of sp³-hybridized carbons (Fsp3) is 0.571. The lowest BCUT2D eigenvalue weighted by Crippen LogP contribution is -2.51. The van der Waals surface area contributed by atoms with Gasteiger partial charge in [0.05, 0.1) is 0 Å². The maximum absolute atomic E-state index is 5.61. The van der Waals surface area contributed by atoms with Crippen molar-refractivity contribution in [2.45, 2.75) is 25.2 Å². The number of hydrogen-bond donors (Lipinski definition) is 0. The lowest BCUT2D eigenvalue weighted by Gasteiger charge is -2.55. The quantitative estimate of drug-likeness (QED) is 0.625. The van der Waals surface area contributed by atoms with Crippen molar-refractivity contribution in [3.63, 3.8) is 0 Å². The van der Waals surface area contributed by atoms with Crippen molar-refractivity contribution in [2.24, 2.45) is 11.3 Å². The van der Waals surface area contributed by atoms with Gasteiger partial charge in [-0.15, -0.1) is 0 Å². The molecule has 0 N–H and O–H groups in total. The van der Waals surface area contributed by atoms with Crippen molar-refractivity contribution < 1.29 is 4.74 Å². The Morgan fingerprint density at radius 1 is 1.27 bits per heavy atom. The van der Waals surface area contributed by atoms with Crippen LogP contribution in [0.3, 0.4) is 0 Å². The Morgan fingerprint density at radius 3 is 3.13 bits per heavy atom. The first-order valence-electron chi connectivity index (χ1n) is 6.06. The van der Waals surface area contributed by atoms with Gasteiger partial charge in [0, 0.05) is 13.2 Å². The molecule has 3 atom stereocenters. The third-order valence-electron chi connectivity index (χ3n) is 5.01. The molecule has 1 spiro atoms. The van der Waals surface area contributed by atoms with Crippen molar-refractivity contribution in [1.29, 1.82) is 0 Å². The zero-order valence-electron chi connectivity index (χ0n) is 8.91. The summed E-state index contributed by atoms with van der Waals surface area (Å²) in [4.78, 5) is 0. The molecule has 1 heterocycles. The van der Waals surface area contributed by atoms with E-state index in [4.69, 9.17) is 4.74 Å². The van der Waals surface area contributed by atoms with E-state index in [9.17, 15) is 0 Å². The van der Waals surface area contributed by atoms with Crippen molar-refractivity contribution >= 4 is 0 Å². The highest BCUT2D eigenvalue weighted by atomic mass is 16.5. The standard InChI is InChI=1S/C14H16O/c1-2-4-12-10(3-1)8-14-5-6-15-9-11(14)7-13(12)14/h1-4,11,13H,5-9H2. The maximum Gasteiger partial charge on any atom is 0.0500 e. The third-order valence-corrected chi connectivity index (χ3v) is 5.01. The lowest BCUT2D eigenvalue weighted by atomic mass is 9.51. The van der Waals surface area contributed by atoms with Crippen LogP contribution in [0.2, 0.25) is 0 Å². The molecule has 0 bridgehead atoms. The first-order chi connectivity index (χ1) is 7.40. The minimum Gasteiger partial charge on any atom is -0.381 e. The molecular formula is C14H16O. The molecule has 1 saturated carbocycles. The molecule has 15 heavy (non-hydrogen) atoms. The summed E-state index contributed by atoms with van der Waals surface area (Å²) in [5.41, 5.74) is 3.88. The van der Waals surface area contributed by atoms with E-state index in [-0.39, 0.29) is 0 Å². The highest BCUT2D eigenvalue weighted by Gasteiger charge is 2.59. The average molecular weight is 200 g/mol. The molecule has 0 amide bonds. The molecule has 1 saturated heterocycles. The topological polar surface area (TPSA) is 9.23 Å². The van der Waals surface area contributed by atoms with Crippen LogP contribution in [0.15, 0.2) is 24.3 Å². The van der Waals surface area contributed by atoms with Gasteiger partial charge in [0.2, 0.25) is 0 Å². The highest BCUT2D eigenvalue weighted by molar-refractivity contribution is 5.42. The van der Waals surface area contributed by atoms with Crippen LogP contribution >= 0.6 is 0 Å². The summed E-state index contributed by atoms with van der Waals surface area (Å²) in [6, 6.07) is 9.06. The molecule has 2 fully saturated rings. The molecule has 1 heteroatoms. The second kappa shape index (κ2) is 2.65. The molecule has 0 aromatic heterocycles. The van der Waals surface area contributed by atoms with Gasteiger partial charge in [0.1, 0.15) is 0 Å². The Balaban J connectivity index is 1.79. The predicted octanol–water partition coefficient (Wildman–Crippen LogP) is 2.75. The van der Waals surface area contributed by atoms with Gasteiger partial charge in [-0.3, -0.25) is 0 Å². The molecule has 1 aliphatic heterocycles. The fourth-order valence-corrected chi connectivity index (χ4v) is 4.16. The molecule has 1 aromatic carbocycles. The summed E-state index contributed by atoms with van der Waals surface area (Å²) >= 11 is 0. The van der Waals surface area contributed by atoms with E-state index in [1.807, 2.05) is 0 Å². The minimum absolute atomic E-state index is 0.613. The van der Waals surface area contributed by atoms with Gasteiger partial charge < -0.3 is 4.74 Å². The number of ether oxygens (including phenoxy) is 1. The van der Waals surface area contributed by atoms with E-state index in [1.165, 1.54) is 19.3 Å². The molecule has 1 nitrogen and oxygen atoms in total. The van der Waals surface area contributed by atoms with E-state index >= 15 is 0 Å². The first-order valence-corrected chi connectivity index (χ1v) is 6.06. The van der Waals surface area contributed by atoms with Crippen LogP contribution in [0.1, 0.15) is 29.9 Å². The smallest absolute Gasteiger partial charge is 0.0500 e. The summed E-state index contributed by atoms with van der Waals surface area (Å²) in [7, 11) is 0. The van der Waals surface area contributed by atoms with Crippen LogP contribution in [0.4, 0.5) is 0 Å². The van der Waals surface area contributed by atoms with E-state index in [0.29, 0.717) is 5.41 Å². The summed E-state index contributed by atoms with van der Waals surface area (Å²) in [6.45, 7) is 2.01. The van der Waals surface area contributed by atoms with Crippen LogP contribution in [0.25, 0.3) is 0 Å². The van der Waals surface area contributed by atoms with E-state index in [1.54, 1.807) is 11.1 Å². The number of rotatable bonds is 0. The molecule has 2 aliphatic carbocycles. The largest absolute Gasteiger partial charge is 0.381 e. The summed E-state index contributed by atoms with van der Waals surface area (Å²) in [5, 5.41) is 0. The third kappa shape index (κ3) is 0.884. The molecule has 3 aliphatic rings. The number of hydrogen-bond acceptors (Lipinski definition) is 1. The normalized spacial score (nSPS) is 41.3. The van der Waals surface area contributed by atoms with Crippen LogP contribution in [-0.4, -0.2) is 13.2 Å². The molecule has 78 valence electrons. The van der Waals surface area contributed by atoms with Crippen LogP contribution in [0.5, 0.6) is 0 Å². The summed E-state index contributed by atoms with van der Waals surface area (Å²) < 4.78 is 5.61. The van der Waals surface area contributed by atoms with Gasteiger partial charge in [0.15, 0.2) is 0 Å². The van der Waals surface area contributed by atoms with Gasteiger partial charge in [-0.2, -0.15) is 0 Å². The van der Waals surface area contributed by atoms with Crippen molar-refractivity contribution in [3.8, 4) is 0 Å². The van der Waals surface area contributed by atoms with Crippen molar-refractivity contribution in [3.05, 3.63) is 35.4 Å². The fourth-order valence-electron chi connectivity index (χ4n) is 4.16. The van der Waals surface area contributed by atoms with Gasteiger partial charge in [-0.1, -0.05) is 24.3 Å². The predicted molar refractivity (Wildman–Crippen MR) is 58.9 cm³/mol. The molecule has 1 aromatic rings. The Labute approximate surface area is 90.4 Å². The molecular weight excluding hydrogens is 184 g/mol. The second-order valence-corrected chi connectivity index (χ2v) is 5.42. The van der Waals surface area contributed by atoms with Gasteiger partial charge in [0.25, 0.3) is 0 Å². The van der Waals surface area contributed by atoms with Crippen LogP contribution < -0.4 is 0 Å². The average Bonchev–Trinajstić information content (AvgIpc) is 2.47. The summed E-state index contributed by atoms with van der Waals surface area (Å²) in [5.74, 6) is 1.71. The Hall–Kier alpha value is -0.820. The van der Waals surface area contributed by atoms with Gasteiger partial charge >= 0.3 is 0 Å². The Kier molecular flexibility index (Phi) is 1.47. The van der Waals surface area contributed by atoms with E-state index in [2.05, 4.69) is 24.3 Å². The van der Waals surface area contributed by atoms with Gasteiger partial charge in [-0.05, 0) is 47.6 Å². The Morgan fingerprint density at radius 2 is 2.20 bits per heavy atom. The summed E-state index contributed by atoms with van der Waals surface area (Å²) in [6.07, 6.45) is 3.98. The zero-order chi connectivity index (χ0) is 9.88. The zero-order valence-corrected chi connectivity index (χ0v) is 8.91. The molecule has 3 unspecified atom stereocenters. The number of benzene rings is 1. The Bertz CT molecular complexity index is 412.